The fraction of sp³-hybridized carbons (Fsp3) is 0.316. The molecule has 1 N–H and O–H groups in total. The largest absolute Gasteiger partial charge is 0.444 e. The third-order valence-electron chi connectivity index (χ3n) is 3.49. The Morgan fingerprint density at radius 3 is 2.48 bits per heavy atom. The molecule has 0 radical (unpaired) electrons. The van der Waals surface area contributed by atoms with E-state index in [9.17, 15) is 9.18 Å². The van der Waals surface area contributed by atoms with Crippen LogP contribution in [0.15, 0.2) is 46.9 Å². The topological polar surface area (TPSA) is 38.3 Å². The summed E-state index contributed by atoms with van der Waals surface area (Å²) in [6.45, 7) is 5.57. The van der Waals surface area contributed by atoms with Gasteiger partial charge >= 0.3 is 6.09 Å². The standard InChI is InChI=1S/C19H20BrClFNO2/c1-19(2,3)25-18(24)23-11-14(12-7-5-4-6-8-12)13-9-10-15(21)16(20)17(13)22/h4-10,14H,11H2,1-3H3,(H,23,24). The molecule has 1 amide bonds. The zero-order chi connectivity index (χ0) is 18.6. The molecule has 134 valence electrons. The highest BCUT2D eigenvalue weighted by atomic mass is 79.9. The van der Waals surface area contributed by atoms with Crippen molar-refractivity contribution in [2.24, 2.45) is 0 Å². The molecule has 25 heavy (non-hydrogen) atoms. The van der Waals surface area contributed by atoms with Crippen LogP contribution < -0.4 is 5.32 Å². The summed E-state index contributed by atoms with van der Waals surface area (Å²) in [7, 11) is 0. The summed E-state index contributed by atoms with van der Waals surface area (Å²) in [6.07, 6.45) is -0.540. The monoisotopic (exact) mass is 427 g/mol. The molecule has 0 bridgehead atoms. The Bertz CT molecular complexity index is 747. The van der Waals surface area contributed by atoms with Crippen molar-refractivity contribution in [3.8, 4) is 0 Å². The summed E-state index contributed by atoms with van der Waals surface area (Å²) >= 11 is 9.13. The highest BCUT2D eigenvalue weighted by molar-refractivity contribution is 9.10. The smallest absolute Gasteiger partial charge is 0.407 e. The van der Waals surface area contributed by atoms with Gasteiger partial charge in [0, 0.05) is 12.5 Å². The first-order chi connectivity index (χ1) is 11.7. The van der Waals surface area contributed by atoms with Gasteiger partial charge < -0.3 is 10.1 Å². The van der Waals surface area contributed by atoms with Crippen molar-refractivity contribution >= 4 is 33.6 Å². The van der Waals surface area contributed by atoms with Gasteiger partial charge in [-0.1, -0.05) is 48.0 Å². The van der Waals surface area contributed by atoms with E-state index in [0.717, 1.165) is 5.56 Å². The van der Waals surface area contributed by atoms with Gasteiger partial charge in [-0.05, 0) is 53.9 Å². The van der Waals surface area contributed by atoms with Crippen molar-refractivity contribution in [1.29, 1.82) is 0 Å². The van der Waals surface area contributed by atoms with Gasteiger partial charge in [0.25, 0.3) is 0 Å². The van der Waals surface area contributed by atoms with Crippen LogP contribution in [0, 0.1) is 5.82 Å². The van der Waals surface area contributed by atoms with E-state index in [4.69, 9.17) is 16.3 Å². The number of rotatable bonds is 4. The van der Waals surface area contributed by atoms with Gasteiger partial charge in [0.15, 0.2) is 0 Å². The fourth-order valence-electron chi connectivity index (χ4n) is 2.40. The normalized spacial score (nSPS) is 12.6. The van der Waals surface area contributed by atoms with Crippen LogP contribution in [0.4, 0.5) is 9.18 Å². The van der Waals surface area contributed by atoms with E-state index in [1.54, 1.807) is 32.9 Å². The number of hydrogen-bond donors (Lipinski definition) is 1. The number of alkyl carbamates (subject to hydrolysis) is 1. The Kier molecular flexibility index (Phi) is 6.47. The summed E-state index contributed by atoms with van der Waals surface area (Å²) in [4.78, 5) is 12.0. The summed E-state index contributed by atoms with van der Waals surface area (Å²) in [5.41, 5.74) is 0.728. The second-order valence-electron chi connectivity index (χ2n) is 6.61. The molecule has 0 fully saturated rings. The first-order valence-electron chi connectivity index (χ1n) is 7.84. The first-order valence-corrected chi connectivity index (χ1v) is 9.01. The maximum Gasteiger partial charge on any atom is 0.407 e. The van der Waals surface area contributed by atoms with Gasteiger partial charge in [0.2, 0.25) is 0 Å². The number of nitrogens with one attached hydrogen (secondary N) is 1. The minimum Gasteiger partial charge on any atom is -0.444 e. The minimum atomic E-state index is -0.596. The maximum absolute atomic E-state index is 14.7. The van der Waals surface area contributed by atoms with E-state index in [-0.39, 0.29) is 16.9 Å². The highest BCUT2D eigenvalue weighted by Gasteiger charge is 2.23. The second kappa shape index (κ2) is 8.19. The lowest BCUT2D eigenvalue weighted by Crippen LogP contribution is -2.35. The van der Waals surface area contributed by atoms with Gasteiger partial charge in [-0.2, -0.15) is 0 Å². The van der Waals surface area contributed by atoms with Crippen molar-refractivity contribution in [2.45, 2.75) is 32.3 Å². The zero-order valence-electron chi connectivity index (χ0n) is 14.3. The molecule has 2 aromatic rings. The third kappa shape index (κ3) is 5.44. The molecule has 3 nitrogen and oxygen atoms in total. The molecular formula is C19H20BrClFNO2. The Morgan fingerprint density at radius 1 is 1.24 bits per heavy atom. The first kappa shape index (κ1) is 19.7. The minimum absolute atomic E-state index is 0.198. The zero-order valence-corrected chi connectivity index (χ0v) is 16.6. The average Bonchev–Trinajstić information content (AvgIpc) is 2.54. The van der Waals surface area contributed by atoms with Crippen LogP contribution >= 0.6 is 27.5 Å². The molecule has 1 unspecified atom stereocenters. The predicted octanol–water partition coefficient (Wildman–Crippen LogP) is 5.90. The summed E-state index contributed by atoms with van der Waals surface area (Å²) < 4.78 is 20.2. The van der Waals surface area contributed by atoms with Crippen LogP contribution in [0.5, 0.6) is 0 Å². The molecule has 6 heteroatoms. The molecule has 0 aliphatic heterocycles. The Labute approximate surface area is 160 Å². The van der Waals surface area contributed by atoms with E-state index in [0.29, 0.717) is 10.6 Å². The molecule has 2 rings (SSSR count). The van der Waals surface area contributed by atoms with Gasteiger partial charge in [0.05, 0.1) is 9.50 Å². The van der Waals surface area contributed by atoms with Crippen LogP contribution in [0.2, 0.25) is 5.02 Å². The molecule has 0 aliphatic carbocycles. The molecule has 0 aliphatic rings. The predicted molar refractivity (Wildman–Crippen MR) is 102 cm³/mol. The number of carbonyl (C=O) groups is 1. The summed E-state index contributed by atoms with van der Waals surface area (Å²) in [6, 6.07) is 12.7. The van der Waals surface area contributed by atoms with E-state index >= 15 is 0 Å². The average molecular weight is 429 g/mol. The Morgan fingerprint density at radius 2 is 1.88 bits per heavy atom. The van der Waals surface area contributed by atoms with Crippen LogP contribution in [-0.2, 0) is 4.74 Å². The third-order valence-corrected chi connectivity index (χ3v) is 4.81. The lowest BCUT2D eigenvalue weighted by Gasteiger charge is -2.23. The molecule has 0 saturated carbocycles. The van der Waals surface area contributed by atoms with Crippen LogP contribution in [0.25, 0.3) is 0 Å². The van der Waals surface area contributed by atoms with Crippen LogP contribution in [0.1, 0.15) is 37.8 Å². The van der Waals surface area contributed by atoms with E-state index in [1.807, 2.05) is 30.3 Å². The molecule has 0 spiro atoms. The Hall–Kier alpha value is -1.59. The number of benzene rings is 2. The highest BCUT2D eigenvalue weighted by Crippen LogP contribution is 2.34. The van der Waals surface area contributed by atoms with Crippen molar-refractivity contribution in [2.75, 3.05) is 6.54 Å². The second-order valence-corrected chi connectivity index (χ2v) is 7.81. The number of hydrogen-bond acceptors (Lipinski definition) is 2. The van der Waals surface area contributed by atoms with Crippen molar-refractivity contribution < 1.29 is 13.9 Å². The molecule has 0 aromatic heterocycles. The maximum atomic E-state index is 14.7. The number of ether oxygens (including phenoxy) is 1. The number of amides is 1. The molecule has 0 heterocycles. The van der Waals surface area contributed by atoms with Gasteiger partial charge in [0.1, 0.15) is 11.4 Å². The molecule has 1 atom stereocenters. The summed E-state index contributed by atoms with van der Waals surface area (Å²) in [5.74, 6) is -0.811. The molecule has 0 saturated heterocycles. The SMILES string of the molecule is CC(C)(C)OC(=O)NCC(c1ccccc1)c1ccc(Cl)c(Br)c1F. The summed E-state index contributed by atoms with van der Waals surface area (Å²) in [5, 5.41) is 3.02. The lowest BCUT2D eigenvalue weighted by molar-refractivity contribution is 0.0526. The van der Waals surface area contributed by atoms with Crippen LogP contribution in [-0.4, -0.2) is 18.2 Å². The number of carbonyl (C=O) groups excluding carboxylic acids is 1. The Balaban J connectivity index is 2.30. The number of halogens is 3. The van der Waals surface area contributed by atoms with E-state index < -0.39 is 17.5 Å². The van der Waals surface area contributed by atoms with Crippen molar-refractivity contribution in [3.63, 3.8) is 0 Å². The van der Waals surface area contributed by atoms with Gasteiger partial charge in [-0.15, -0.1) is 0 Å². The van der Waals surface area contributed by atoms with E-state index in [1.165, 1.54) is 0 Å². The van der Waals surface area contributed by atoms with E-state index in [2.05, 4.69) is 21.2 Å². The van der Waals surface area contributed by atoms with Gasteiger partial charge in [-0.3, -0.25) is 0 Å². The van der Waals surface area contributed by atoms with Crippen LogP contribution in [0.3, 0.4) is 0 Å². The van der Waals surface area contributed by atoms with Gasteiger partial charge in [-0.25, -0.2) is 9.18 Å². The quantitative estimate of drug-likeness (QED) is 0.616. The lowest BCUT2D eigenvalue weighted by atomic mass is 9.91. The van der Waals surface area contributed by atoms with Crippen molar-refractivity contribution in [3.05, 3.63) is 68.9 Å². The fourth-order valence-corrected chi connectivity index (χ4v) is 2.91. The molecule has 2 aromatic carbocycles. The molecular weight excluding hydrogens is 409 g/mol. The van der Waals surface area contributed by atoms with Crippen molar-refractivity contribution in [1.82, 2.24) is 5.32 Å².